The Kier molecular flexibility index (Phi) is 3.27. The molecular formula is C10H11BrF. The lowest BCUT2D eigenvalue weighted by molar-refractivity contribution is 0.464. The van der Waals surface area contributed by atoms with E-state index in [2.05, 4.69) is 22.9 Å². The molecular weight excluding hydrogens is 219 g/mol. The summed E-state index contributed by atoms with van der Waals surface area (Å²) in [6.45, 7) is 5.30. The van der Waals surface area contributed by atoms with E-state index < -0.39 is 6.67 Å². The van der Waals surface area contributed by atoms with Crippen LogP contribution in [-0.4, -0.2) is 6.67 Å². The number of benzene rings is 1. The molecule has 1 rings (SSSR count). The van der Waals surface area contributed by atoms with Crippen LogP contribution in [0.15, 0.2) is 22.7 Å². The van der Waals surface area contributed by atoms with Gasteiger partial charge in [-0.25, -0.2) is 0 Å². The minimum Gasteiger partial charge on any atom is -0.250 e. The van der Waals surface area contributed by atoms with Gasteiger partial charge in [-0.3, -0.25) is 4.39 Å². The molecule has 0 N–H and O–H groups in total. The van der Waals surface area contributed by atoms with Gasteiger partial charge < -0.3 is 0 Å². The molecule has 12 heavy (non-hydrogen) atoms. The zero-order valence-electron chi connectivity index (χ0n) is 6.98. The second-order valence-electron chi connectivity index (χ2n) is 2.85. The van der Waals surface area contributed by atoms with Crippen molar-refractivity contribution in [1.82, 2.24) is 0 Å². The normalized spacial score (nSPS) is 13.0. The van der Waals surface area contributed by atoms with Gasteiger partial charge in [0, 0.05) is 10.4 Å². The summed E-state index contributed by atoms with van der Waals surface area (Å²) >= 11 is 3.34. The van der Waals surface area contributed by atoms with Crippen molar-refractivity contribution in [2.24, 2.45) is 0 Å². The molecule has 0 saturated heterocycles. The van der Waals surface area contributed by atoms with Crippen molar-refractivity contribution in [1.29, 1.82) is 0 Å². The number of rotatable bonds is 2. The van der Waals surface area contributed by atoms with Crippen LogP contribution in [0.3, 0.4) is 0 Å². The third-order valence-corrected chi connectivity index (χ3v) is 2.36. The first-order valence-corrected chi connectivity index (χ1v) is 4.59. The maximum atomic E-state index is 12.3. The third kappa shape index (κ3) is 2.07. The molecule has 0 aromatic heterocycles. The fourth-order valence-electron chi connectivity index (χ4n) is 1.13. The van der Waals surface area contributed by atoms with Crippen LogP contribution < -0.4 is 0 Å². The molecule has 1 aromatic carbocycles. The maximum Gasteiger partial charge on any atom is 0.0963 e. The van der Waals surface area contributed by atoms with Gasteiger partial charge in [0.25, 0.3) is 0 Å². The van der Waals surface area contributed by atoms with Crippen LogP contribution in [0.5, 0.6) is 0 Å². The van der Waals surface area contributed by atoms with E-state index in [9.17, 15) is 4.39 Å². The first-order valence-electron chi connectivity index (χ1n) is 3.80. The van der Waals surface area contributed by atoms with Gasteiger partial charge >= 0.3 is 0 Å². The Hall–Kier alpha value is -0.370. The van der Waals surface area contributed by atoms with Crippen LogP contribution in [0.4, 0.5) is 4.39 Å². The van der Waals surface area contributed by atoms with Gasteiger partial charge in [0.05, 0.1) is 6.67 Å². The molecule has 0 bridgehead atoms. The van der Waals surface area contributed by atoms with E-state index in [1.807, 2.05) is 25.1 Å². The lowest BCUT2D eigenvalue weighted by atomic mass is 9.98. The molecule has 0 saturated carbocycles. The van der Waals surface area contributed by atoms with E-state index in [0.29, 0.717) is 0 Å². The van der Waals surface area contributed by atoms with E-state index in [-0.39, 0.29) is 5.92 Å². The number of alkyl halides is 1. The number of aryl methyl sites for hydroxylation is 1. The first-order chi connectivity index (χ1) is 5.65. The first kappa shape index (κ1) is 9.72. The summed E-state index contributed by atoms with van der Waals surface area (Å²) in [6.07, 6.45) is 0. The highest BCUT2D eigenvalue weighted by Crippen LogP contribution is 2.23. The fraction of sp³-hybridized carbons (Fsp3) is 0.300. The van der Waals surface area contributed by atoms with Crippen molar-refractivity contribution in [3.05, 3.63) is 40.7 Å². The Labute approximate surface area is 80.9 Å². The molecule has 0 nitrogen and oxygen atoms in total. The maximum absolute atomic E-state index is 12.3. The minimum atomic E-state index is -0.405. The van der Waals surface area contributed by atoms with Crippen molar-refractivity contribution in [2.75, 3.05) is 6.67 Å². The largest absolute Gasteiger partial charge is 0.250 e. The molecule has 65 valence electrons. The van der Waals surface area contributed by atoms with Crippen LogP contribution in [0.1, 0.15) is 17.0 Å². The zero-order valence-corrected chi connectivity index (χ0v) is 8.57. The lowest BCUT2D eigenvalue weighted by Crippen LogP contribution is -1.98. The van der Waals surface area contributed by atoms with Crippen molar-refractivity contribution in [3.63, 3.8) is 0 Å². The van der Waals surface area contributed by atoms with Gasteiger partial charge in [-0.15, -0.1) is 0 Å². The zero-order chi connectivity index (χ0) is 9.14. The third-order valence-electron chi connectivity index (χ3n) is 1.87. The summed E-state index contributed by atoms with van der Waals surface area (Å²) in [5.41, 5.74) is 2.07. The summed E-state index contributed by atoms with van der Waals surface area (Å²) < 4.78 is 13.3. The molecule has 0 aliphatic carbocycles. The summed E-state index contributed by atoms with van der Waals surface area (Å²) in [5, 5.41) is 0. The highest BCUT2D eigenvalue weighted by atomic mass is 79.9. The number of halogens is 2. The lowest BCUT2D eigenvalue weighted by Gasteiger charge is -2.10. The highest BCUT2D eigenvalue weighted by Gasteiger charge is 2.07. The van der Waals surface area contributed by atoms with Crippen LogP contribution in [0, 0.1) is 13.8 Å². The Morgan fingerprint density at radius 3 is 2.83 bits per heavy atom. The Balaban J connectivity index is 3.04. The molecule has 0 aliphatic heterocycles. The molecule has 0 spiro atoms. The van der Waals surface area contributed by atoms with E-state index in [4.69, 9.17) is 0 Å². The molecule has 1 radical (unpaired) electrons. The quantitative estimate of drug-likeness (QED) is 0.727. The monoisotopic (exact) mass is 229 g/mol. The Bertz CT molecular complexity index is 271. The van der Waals surface area contributed by atoms with Crippen molar-refractivity contribution < 1.29 is 4.39 Å². The van der Waals surface area contributed by atoms with Crippen molar-refractivity contribution in [2.45, 2.75) is 12.8 Å². The Morgan fingerprint density at radius 1 is 1.58 bits per heavy atom. The summed E-state index contributed by atoms with van der Waals surface area (Å²) in [7, 11) is 0. The van der Waals surface area contributed by atoms with E-state index >= 15 is 0 Å². The number of hydrogen-bond acceptors (Lipinski definition) is 0. The molecule has 1 aromatic rings. The van der Waals surface area contributed by atoms with Gasteiger partial charge in [-0.05, 0) is 37.1 Å². The van der Waals surface area contributed by atoms with Crippen molar-refractivity contribution in [3.8, 4) is 0 Å². The van der Waals surface area contributed by atoms with Gasteiger partial charge in [0.2, 0.25) is 0 Å². The SMILES string of the molecule is [CH2]C(CF)c1cc(Br)ccc1C. The van der Waals surface area contributed by atoms with E-state index in [0.717, 1.165) is 15.6 Å². The summed E-state index contributed by atoms with van der Waals surface area (Å²) in [4.78, 5) is 0. The molecule has 0 aliphatic rings. The average molecular weight is 230 g/mol. The van der Waals surface area contributed by atoms with Gasteiger partial charge in [0.15, 0.2) is 0 Å². The van der Waals surface area contributed by atoms with Crippen LogP contribution in [-0.2, 0) is 0 Å². The molecule has 1 atom stereocenters. The second kappa shape index (κ2) is 4.04. The summed E-state index contributed by atoms with van der Waals surface area (Å²) in [5.74, 6) is -0.248. The average Bonchev–Trinajstić information content (AvgIpc) is 2.08. The molecule has 0 heterocycles. The molecule has 0 amide bonds. The number of hydrogen-bond donors (Lipinski definition) is 0. The second-order valence-corrected chi connectivity index (χ2v) is 3.77. The Morgan fingerprint density at radius 2 is 2.25 bits per heavy atom. The van der Waals surface area contributed by atoms with Crippen LogP contribution in [0.2, 0.25) is 0 Å². The predicted octanol–water partition coefficient (Wildman–Crippen LogP) is 3.64. The minimum absolute atomic E-state index is 0.248. The van der Waals surface area contributed by atoms with E-state index in [1.165, 1.54) is 0 Å². The van der Waals surface area contributed by atoms with E-state index in [1.54, 1.807) is 0 Å². The van der Waals surface area contributed by atoms with Gasteiger partial charge in [0.1, 0.15) is 0 Å². The summed E-state index contributed by atoms with van der Waals surface area (Å²) in [6, 6.07) is 5.84. The van der Waals surface area contributed by atoms with Crippen LogP contribution >= 0.6 is 15.9 Å². The molecule has 1 unspecified atom stereocenters. The highest BCUT2D eigenvalue weighted by molar-refractivity contribution is 9.10. The van der Waals surface area contributed by atoms with Crippen molar-refractivity contribution >= 4 is 15.9 Å². The van der Waals surface area contributed by atoms with Gasteiger partial charge in [-0.2, -0.15) is 0 Å². The molecule has 2 heteroatoms. The standard InChI is InChI=1S/C10H11BrF/c1-7-3-4-9(11)5-10(7)8(2)6-12/h3-5,8H,2,6H2,1H3. The van der Waals surface area contributed by atoms with Crippen LogP contribution in [0.25, 0.3) is 0 Å². The fourth-order valence-corrected chi connectivity index (χ4v) is 1.51. The topological polar surface area (TPSA) is 0 Å². The van der Waals surface area contributed by atoms with Gasteiger partial charge in [-0.1, -0.05) is 22.0 Å². The smallest absolute Gasteiger partial charge is 0.0963 e. The molecule has 0 fully saturated rings. The predicted molar refractivity (Wildman–Crippen MR) is 53.0 cm³/mol.